The second-order valence-electron chi connectivity index (χ2n) is 4.92. The van der Waals surface area contributed by atoms with Crippen molar-refractivity contribution in [1.82, 2.24) is 9.78 Å². The maximum Gasteiger partial charge on any atom is 0.273 e. The predicted octanol–water partition coefficient (Wildman–Crippen LogP) is 3.70. The van der Waals surface area contributed by atoms with Crippen molar-refractivity contribution < 1.29 is 4.79 Å². The van der Waals surface area contributed by atoms with E-state index in [0.717, 1.165) is 29.4 Å². The van der Waals surface area contributed by atoms with Gasteiger partial charge in [0.05, 0.1) is 0 Å². The van der Waals surface area contributed by atoms with Gasteiger partial charge in [0, 0.05) is 23.8 Å². The topological polar surface area (TPSA) is 46.9 Å². The van der Waals surface area contributed by atoms with Crippen LogP contribution < -0.4 is 5.32 Å². The van der Waals surface area contributed by atoms with Gasteiger partial charge in [-0.25, -0.2) is 0 Å². The van der Waals surface area contributed by atoms with Crippen molar-refractivity contribution in [2.75, 3.05) is 5.32 Å². The van der Waals surface area contributed by atoms with E-state index in [9.17, 15) is 4.79 Å². The Labute approximate surface area is 123 Å². The summed E-state index contributed by atoms with van der Waals surface area (Å²) in [5, 5.41) is 9.32. The van der Waals surface area contributed by atoms with Crippen LogP contribution in [0.15, 0.2) is 54.7 Å². The number of aromatic nitrogens is 2. The number of carbonyl (C=O) groups excluding carboxylic acids is 1. The summed E-state index contributed by atoms with van der Waals surface area (Å²) in [7, 11) is 0. The van der Waals surface area contributed by atoms with E-state index in [1.54, 1.807) is 16.9 Å². The van der Waals surface area contributed by atoms with Gasteiger partial charge in [-0.05, 0) is 23.9 Å². The molecule has 0 bridgehead atoms. The smallest absolute Gasteiger partial charge is 0.273 e. The van der Waals surface area contributed by atoms with Gasteiger partial charge in [0.2, 0.25) is 0 Å². The third-order valence-electron chi connectivity index (χ3n) is 3.42. The number of fused-ring (bicyclic) bond motifs is 1. The zero-order valence-electron chi connectivity index (χ0n) is 11.9. The fourth-order valence-corrected chi connectivity index (χ4v) is 2.44. The van der Waals surface area contributed by atoms with Crippen LogP contribution in [0.3, 0.4) is 0 Å². The average molecular weight is 279 g/mol. The second kappa shape index (κ2) is 5.79. The van der Waals surface area contributed by atoms with Crippen molar-refractivity contribution in [3.05, 3.63) is 60.4 Å². The Morgan fingerprint density at radius 2 is 1.95 bits per heavy atom. The zero-order chi connectivity index (χ0) is 14.7. The third kappa shape index (κ3) is 2.65. The Balaban J connectivity index is 1.91. The largest absolute Gasteiger partial charge is 0.320 e. The van der Waals surface area contributed by atoms with E-state index >= 15 is 0 Å². The van der Waals surface area contributed by atoms with Crippen LogP contribution in [0.1, 0.15) is 23.8 Å². The van der Waals surface area contributed by atoms with Gasteiger partial charge in [-0.15, -0.1) is 0 Å². The molecule has 21 heavy (non-hydrogen) atoms. The highest BCUT2D eigenvalue weighted by Crippen LogP contribution is 2.23. The number of anilines is 1. The number of benzene rings is 2. The molecule has 0 atom stereocenters. The van der Waals surface area contributed by atoms with Gasteiger partial charge in [0.1, 0.15) is 5.69 Å². The minimum absolute atomic E-state index is 0.127. The number of nitrogens with zero attached hydrogens (tertiary/aromatic N) is 2. The zero-order valence-corrected chi connectivity index (χ0v) is 11.9. The molecule has 0 spiro atoms. The molecule has 4 heteroatoms. The Kier molecular flexibility index (Phi) is 3.69. The highest BCUT2D eigenvalue weighted by atomic mass is 16.2. The summed E-state index contributed by atoms with van der Waals surface area (Å²) in [4.78, 5) is 12.4. The lowest BCUT2D eigenvalue weighted by Gasteiger charge is -2.10. The van der Waals surface area contributed by atoms with Crippen LogP contribution >= 0.6 is 0 Å². The van der Waals surface area contributed by atoms with Gasteiger partial charge < -0.3 is 5.32 Å². The number of carbonyl (C=O) groups is 1. The lowest BCUT2D eigenvalue weighted by molar-refractivity contribution is 0.101. The normalized spacial score (nSPS) is 10.7. The Hall–Kier alpha value is -2.62. The number of hydrogen-bond donors (Lipinski definition) is 1. The standard InChI is InChI=1S/C17H17N3O/c1-2-12-20-16(10-11-18-20)17(21)19-15-9-5-7-13-6-3-4-8-14(13)15/h3-11H,2,12H2,1H3,(H,19,21). The summed E-state index contributed by atoms with van der Waals surface area (Å²) in [5.74, 6) is -0.127. The Morgan fingerprint density at radius 1 is 1.14 bits per heavy atom. The maximum absolute atomic E-state index is 12.4. The first kappa shape index (κ1) is 13.4. The molecule has 0 saturated carbocycles. The minimum atomic E-state index is -0.127. The molecule has 0 aliphatic carbocycles. The van der Waals surface area contributed by atoms with Crippen molar-refractivity contribution in [3.8, 4) is 0 Å². The fraction of sp³-hybridized carbons (Fsp3) is 0.176. The lowest BCUT2D eigenvalue weighted by Crippen LogP contribution is -2.18. The Bertz CT molecular complexity index is 771. The van der Waals surface area contributed by atoms with E-state index in [1.165, 1.54) is 0 Å². The van der Waals surface area contributed by atoms with Crippen molar-refractivity contribution in [2.45, 2.75) is 19.9 Å². The molecule has 1 heterocycles. The van der Waals surface area contributed by atoms with Crippen LogP contribution in [0.4, 0.5) is 5.69 Å². The maximum atomic E-state index is 12.4. The molecule has 0 unspecified atom stereocenters. The van der Waals surface area contributed by atoms with Crippen molar-refractivity contribution in [3.63, 3.8) is 0 Å². The monoisotopic (exact) mass is 279 g/mol. The first-order valence-corrected chi connectivity index (χ1v) is 7.10. The number of amides is 1. The molecule has 1 N–H and O–H groups in total. The Morgan fingerprint density at radius 3 is 2.81 bits per heavy atom. The summed E-state index contributed by atoms with van der Waals surface area (Å²) < 4.78 is 1.74. The molecule has 1 amide bonds. The highest BCUT2D eigenvalue weighted by Gasteiger charge is 2.12. The number of hydrogen-bond acceptors (Lipinski definition) is 2. The van der Waals surface area contributed by atoms with E-state index in [-0.39, 0.29) is 5.91 Å². The summed E-state index contributed by atoms with van der Waals surface area (Å²) in [6.07, 6.45) is 2.60. The summed E-state index contributed by atoms with van der Waals surface area (Å²) in [5.41, 5.74) is 1.41. The molecule has 106 valence electrons. The third-order valence-corrected chi connectivity index (χ3v) is 3.42. The first-order valence-electron chi connectivity index (χ1n) is 7.10. The first-order chi connectivity index (χ1) is 10.3. The quantitative estimate of drug-likeness (QED) is 0.791. The highest BCUT2D eigenvalue weighted by molar-refractivity contribution is 6.08. The molecular formula is C17H17N3O. The lowest BCUT2D eigenvalue weighted by atomic mass is 10.1. The molecule has 1 aromatic heterocycles. The van der Waals surface area contributed by atoms with Crippen molar-refractivity contribution in [1.29, 1.82) is 0 Å². The molecule has 0 aliphatic heterocycles. The molecule has 2 aromatic carbocycles. The van der Waals surface area contributed by atoms with Crippen LogP contribution in [0.25, 0.3) is 10.8 Å². The van der Waals surface area contributed by atoms with Crippen LogP contribution in [0.5, 0.6) is 0 Å². The van der Waals surface area contributed by atoms with Gasteiger partial charge in [-0.2, -0.15) is 5.10 Å². The van der Waals surface area contributed by atoms with Gasteiger partial charge in [-0.1, -0.05) is 43.3 Å². The summed E-state index contributed by atoms with van der Waals surface area (Å²) in [6.45, 7) is 2.80. The van der Waals surface area contributed by atoms with Gasteiger partial charge in [0.15, 0.2) is 0 Å². The molecule has 4 nitrogen and oxygen atoms in total. The molecule has 0 fully saturated rings. The van der Waals surface area contributed by atoms with E-state index in [2.05, 4.69) is 17.3 Å². The second-order valence-corrected chi connectivity index (χ2v) is 4.92. The number of aryl methyl sites for hydroxylation is 1. The van der Waals surface area contributed by atoms with E-state index < -0.39 is 0 Å². The summed E-state index contributed by atoms with van der Waals surface area (Å²) >= 11 is 0. The number of rotatable bonds is 4. The molecule has 3 aromatic rings. The van der Waals surface area contributed by atoms with Crippen LogP contribution in [-0.4, -0.2) is 15.7 Å². The summed E-state index contributed by atoms with van der Waals surface area (Å²) in [6, 6.07) is 15.6. The van der Waals surface area contributed by atoms with Crippen LogP contribution in [-0.2, 0) is 6.54 Å². The molecular weight excluding hydrogens is 262 g/mol. The van der Waals surface area contributed by atoms with Crippen molar-refractivity contribution in [2.24, 2.45) is 0 Å². The van der Waals surface area contributed by atoms with Gasteiger partial charge >= 0.3 is 0 Å². The van der Waals surface area contributed by atoms with Crippen molar-refractivity contribution >= 4 is 22.4 Å². The average Bonchev–Trinajstić information content (AvgIpc) is 2.96. The fourth-order valence-electron chi connectivity index (χ4n) is 2.44. The van der Waals surface area contributed by atoms with E-state index in [0.29, 0.717) is 5.69 Å². The van der Waals surface area contributed by atoms with Gasteiger partial charge in [-0.3, -0.25) is 9.48 Å². The number of nitrogens with one attached hydrogen (secondary N) is 1. The minimum Gasteiger partial charge on any atom is -0.320 e. The predicted molar refractivity (Wildman–Crippen MR) is 84.4 cm³/mol. The molecule has 0 aliphatic rings. The van der Waals surface area contributed by atoms with Crippen LogP contribution in [0.2, 0.25) is 0 Å². The molecule has 3 rings (SSSR count). The van der Waals surface area contributed by atoms with Gasteiger partial charge in [0.25, 0.3) is 5.91 Å². The molecule has 0 saturated heterocycles. The van der Waals surface area contributed by atoms with E-state index in [1.807, 2.05) is 42.5 Å². The molecule has 0 radical (unpaired) electrons. The van der Waals surface area contributed by atoms with Crippen LogP contribution in [0, 0.1) is 0 Å². The SMILES string of the molecule is CCCn1nccc1C(=O)Nc1cccc2ccccc12. The van der Waals surface area contributed by atoms with E-state index in [4.69, 9.17) is 0 Å².